The van der Waals surface area contributed by atoms with Crippen LogP contribution in [0.5, 0.6) is 5.75 Å². The first-order valence-electron chi connectivity index (χ1n) is 9.04. The average Bonchev–Trinajstić information content (AvgIpc) is 2.64. The van der Waals surface area contributed by atoms with Gasteiger partial charge in [-0.3, -0.25) is 0 Å². The van der Waals surface area contributed by atoms with Crippen LogP contribution in [-0.4, -0.2) is 19.8 Å². The van der Waals surface area contributed by atoms with E-state index in [1.54, 1.807) is 12.1 Å². The van der Waals surface area contributed by atoms with Crippen molar-refractivity contribution >= 4 is 12.4 Å². The minimum atomic E-state index is -0.235. The predicted molar refractivity (Wildman–Crippen MR) is 106 cm³/mol. The molecule has 0 radical (unpaired) electrons. The summed E-state index contributed by atoms with van der Waals surface area (Å²) in [5.41, 5.74) is 1.64. The third kappa shape index (κ3) is 8.17. The van der Waals surface area contributed by atoms with Crippen molar-refractivity contribution in [3.8, 4) is 5.75 Å². The van der Waals surface area contributed by atoms with Crippen LogP contribution in [0.25, 0.3) is 0 Å². The van der Waals surface area contributed by atoms with Gasteiger partial charge in [-0.1, -0.05) is 49.7 Å². The normalized spacial score (nSPS) is 10.4. The Bertz CT molecular complexity index is 624. The first kappa shape index (κ1) is 22.4. The second kappa shape index (κ2) is 13.6. The number of hydrogen-bond acceptors (Lipinski definition) is 3. The third-order valence-corrected chi connectivity index (χ3v) is 3.91. The zero-order valence-corrected chi connectivity index (χ0v) is 16.2. The number of hydrogen-bond donors (Lipinski definition) is 1. The number of unbranched alkanes of at least 4 members (excludes halogenated alkanes) is 1. The van der Waals surface area contributed by atoms with Gasteiger partial charge in [-0.25, -0.2) is 4.39 Å². The van der Waals surface area contributed by atoms with Gasteiger partial charge < -0.3 is 14.8 Å². The summed E-state index contributed by atoms with van der Waals surface area (Å²) in [5, 5.41) is 3.41. The predicted octanol–water partition coefficient (Wildman–Crippen LogP) is 5.12. The van der Waals surface area contributed by atoms with Crippen LogP contribution in [0.4, 0.5) is 4.39 Å². The molecule has 0 aliphatic carbocycles. The van der Waals surface area contributed by atoms with Gasteiger partial charge in [0.25, 0.3) is 0 Å². The maximum atomic E-state index is 13.7. The van der Waals surface area contributed by atoms with Crippen LogP contribution in [0.3, 0.4) is 0 Å². The molecule has 0 amide bonds. The minimum absolute atomic E-state index is 0. The van der Waals surface area contributed by atoms with E-state index < -0.39 is 0 Å². The van der Waals surface area contributed by atoms with E-state index in [4.69, 9.17) is 9.47 Å². The van der Waals surface area contributed by atoms with E-state index in [0.29, 0.717) is 5.56 Å². The van der Waals surface area contributed by atoms with Crippen molar-refractivity contribution in [1.29, 1.82) is 0 Å². The third-order valence-electron chi connectivity index (χ3n) is 3.91. The molecule has 0 saturated heterocycles. The van der Waals surface area contributed by atoms with Gasteiger partial charge in [-0.05, 0) is 31.5 Å². The molecule has 5 heteroatoms. The summed E-state index contributed by atoms with van der Waals surface area (Å²) in [6, 6.07) is 14.6. The van der Waals surface area contributed by atoms with Crippen molar-refractivity contribution in [2.75, 3.05) is 19.8 Å². The minimum Gasteiger partial charge on any atom is -0.488 e. The van der Waals surface area contributed by atoms with Crippen molar-refractivity contribution in [2.45, 2.75) is 39.3 Å². The van der Waals surface area contributed by atoms with E-state index in [1.165, 1.54) is 12.5 Å². The fourth-order valence-electron chi connectivity index (χ4n) is 2.43. The van der Waals surface area contributed by atoms with Crippen LogP contribution >= 0.6 is 12.4 Å². The molecule has 144 valence electrons. The molecule has 2 rings (SSSR count). The largest absolute Gasteiger partial charge is 0.488 e. The van der Waals surface area contributed by atoms with Gasteiger partial charge in [-0.2, -0.15) is 0 Å². The summed E-state index contributed by atoms with van der Waals surface area (Å²) in [7, 11) is 0. The highest BCUT2D eigenvalue weighted by Crippen LogP contribution is 2.20. The van der Waals surface area contributed by atoms with Crippen LogP contribution in [-0.2, 0) is 17.9 Å². The number of halogens is 2. The summed E-state index contributed by atoms with van der Waals surface area (Å²) in [6.45, 7) is 5.66. The Morgan fingerprint density at radius 2 is 1.62 bits per heavy atom. The van der Waals surface area contributed by atoms with Gasteiger partial charge in [0.15, 0.2) is 0 Å². The van der Waals surface area contributed by atoms with Crippen molar-refractivity contribution in [3.05, 3.63) is 65.5 Å². The highest BCUT2D eigenvalue weighted by molar-refractivity contribution is 5.85. The monoisotopic (exact) mass is 381 g/mol. The van der Waals surface area contributed by atoms with E-state index in [0.717, 1.165) is 50.5 Å². The molecule has 0 unspecified atom stereocenters. The summed E-state index contributed by atoms with van der Waals surface area (Å²) < 4.78 is 25.1. The SMILES string of the molecule is CCCCOCCCNCc1ccccc1OCc1ccccc1F.Cl. The average molecular weight is 382 g/mol. The van der Waals surface area contributed by atoms with Crippen molar-refractivity contribution in [2.24, 2.45) is 0 Å². The zero-order chi connectivity index (χ0) is 17.7. The summed E-state index contributed by atoms with van der Waals surface area (Å²) in [5.74, 6) is 0.554. The molecule has 0 bridgehead atoms. The fourth-order valence-corrected chi connectivity index (χ4v) is 2.43. The highest BCUT2D eigenvalue weighted by atomic mass is 35.5. The van der Waals surface area contributed by atoms with Gasteiger partial charge in [0.1, 0.15) is 18.2 Å². The van der Waals surface area contributed by atoms with Crippen LogP contribution in [0.1, 0.15) is 37.3 Å². The fraction of sp³-hybridized carbons (Fsp3) is 0.429. The quantitative estimate of drug-likeness (QED) is 0.517. The van der Waals surface area contributed by atoms with Gasteiger partial charge in [-0.15, -0.1) is 12.4 Å². The Hall–Kier alpha value is -1.62. The molecule has 3 nitrogen and oxygen atoms in total. The molecule has 2 aromatic rings. The van der Waals surface area contributed by atoms with Crippen molar-refractivity contribution < 1.29 is 13.9 Å². The van der Waals surface area contributed by atoms with Gasteiger partial charge in [0.2, 0.25) is 0 Å². The number of benzene rings is 2. The molecule has 0 saturated carbocycles. The van der Waals surface area contributed by atoms with Gasteiger partial charge in [0, 0.05) is 30.9 Å². The molecule has 0 aliphatic heterocycles. The summed E-state index contributed by atoms with van der Waals surface area (Å²) in [4.78, 5) is 0. The van der Waals surface area contributed by atoms with Gasteiger partial charge >= 0.3 is 0 Å². The lowest BCUT2D eigenvalue weighted by Crippen LogP contribution is -2.17. The van der Waals surface area contributed by atoms with E-state index in [1.807, 2.05) is 30.3 Å². The molecular formula is C21H29ClFNO2. The lowest BCUT2D eigenvalue weighted by Gasteiger charge is -2.13. The molecule has 0 aliphatic rings. The first-order chi connectivity index (χ1) is 12.3. The van der Waals surface area contributed by atoms with Crippen LogP contribution < -0.4 is 10.1 Å². The van der Waals surface area contributed by atoms with Gasteiger partial charge in [0.05, 0.1) is 0 Å². The summed E-state index contributed by atoms with van der Waals surface area (Å²) >= 11 is 0. The molecule has 0 atom stereocenters. The Kier molecular flexibility index (Phi) is 11.7. The maximum Gasteiger partial charge on any atom is 0.129 e. The van der Waals surface area contributed by atoms with Crippen LogP contribution in [0.15, 0.2) is 48.5 Å². The van der Waals surface area contributed by atoms with Crippen LogP contribution in [0.2, 0.25) is 0 Å². The number of nitrogens with one attached hydrogen (secondary N) is 1. The lowest BCUT2D eigenvalue weighted by atomic mass is 10.2. The summed E-state index contributed by atoms with van der Waals surface area (Å²) in [6.07, 6.45) is 3.28. The molecule has 1 N–H and O–H groups in total. The molecule has 0 spiro atoms. The maximum absolute atomic E-state index is 13.7. The van der Waals surface area contributed by atoms with Crippen molar-refractivity contribution in [3.63, 3.8) is 0 Å². The van der Waals surface area contributed by atoms with E-state index >= 15 is 0 Å². The molecule has 2 aromatic carbocycles. The standard InChI is InChI=1S/C21H28FNO2.ClH/c1-2-3-14-24-15-8-13-23-16-18-9-5-7-12-21(18)25-17-19-10-4-6-11-20(19)22;/h4-7,9-12,23H,2-3,8,13-17H2,1H3;1H. The Labute approximate surface area is 162 Å². The molecular weight excluding hydrogens is 353 g/mol. The number of ether oxygens (including phenoxy) is 2. The number of para-hydroxylation sites is 1. The van der Waals surface area contributed by atoms with Crippen molar-refractivity contribution in [1.82, 2.24) is 5.32 Å². The van der Waals surface area contributed by atoms with E-state index in [2.05, 4.69) is 12.2 Å². The molecule has 0 heterocycles. The zero-order valence-electron chi connectivity index (χ0n) is 15.4. The second-order valence-corrected chi connectivity index (χ2v) is 5.98. The van der Waals surface area contributed by atoms with E-state index in [-0.39, 0.29) is 24.8 Å². The highest BCUT2D eigenvalue weighted by Gasteiger charge is 2.05. The molecule has 0 fully saturated rings. The Balaban J connectivity index is 0.00000338. The Morgan fingerprint density at radius 1 is 0.923 bits per heavy atom. The molecule has 26 heavy (non-hydrogen) atoms. The number of rotatable bonds is 12. The second-order valence-electron chi connectivity index (χ2n) is 5.98. The topological polar surface area (TPSA) is 30.5 Å². The molecule has 0 aromatic heterocycles. The Morgan fingerprint density at radius 3 is 2.38 bits per heavy atom. The first-order valence-corrected chi connectivity index (χ1v) is 9.04. The van der Waals surface area contributed by atoms with E-state index in [9.17, 15) is 4.39 Å². The smallest absolute Gasteiger partial charge is 0.129 e. The van der Waals surface area contributed by atoms with Crippen LogP contribution in [0, 0.1) is 5.82 Å². The lowest BCUT2D eigenvalue weighted by molar-refractivity contribution is 0.128.